The average Bonchev–Trinajstić information content (AvgIpc) is 3.37. The first kappa shape index (κ1) is 27.8. The lowest BCUT2D eigenvalue weighted by molar-refractivity contribution is -0.141. The van der Waals surface area contributed by atoms with E-state index in [-0.39, 0.29) is 25.3 Å². The van der Waals surface area contributed by atoms with Gasteiger partial charge in [0.2, 0.25) is 11.8 Å². The van der Waals surface area contributed by atoms with Crippen molar-refractivity contribution in [2.24, 2.45) is 5.41 Å². The lowest BCUT2D eigenvalue weighted by Crippen LogP contribution is -2.53. The molecule has 3 atom stereocenters. The van der Waals surface area contributed by atoms with Gasteiger partial charge in [0.25, 0.3) is 0 Å². The van der Waals surface area contributed by atoms with Crippen LogP contribution < -0.4 is 16.0 Å². The summed E-state index contributed by atoms with van der Waals surface area (Å²) in [6.45, 7) is 8.86. The van der Waals surface area contributed by atoms with Gasteiger partial charge in [-0.1, -0.05) is 39.0 Å². The summed E-state index contributed by atoms with van der Waals surface area (Å²) in [6.07, 6.45) is 0.307. The van der Waals surface area contributed by atoms with Crippen molar-refractivity contribution in [1.29, 1.82) is 5.26 Å². The largest absolute Gasteiger partial charge is 0.336 e. The number of fused-ring (bicyclic) bond motifs is 2. The summed E-state index contributed by atoms with van der Waals surface area (Å²) >= 11 is 0. The molecule has 0 saturated carbocycles. The Morgan fingerprint density at radius 3 is 2.44 bits per heavy atom. The summed E-state index contributed by atoms with van der Waals surface area (Å²) in [5.74, 6) is -3.32. The van der Waals surface area contributed by atoms with Gasteiger partial charge in [-0.15, -0.1) is 0 Å². The number of benzene rings is 2. The van der Waals surface area contributed by atoms with Crippen LogP contribution in [0.25, 0.3) is 0 Å². The van der Waals surface area contributed by atoms with Crippen molar-refractivity contribution in [1.82, 2.24) is 10.2 Å². The first-order valence-corrected chi connectivity index (χ1v) is 12.8. The number of para-hydroxylation sites is 1. The molecule has 39 heavy (non-hydrogen) atoms. The summed E-state index contributed by atoms with van der Waals surface area (Å²) in [6, 6.07) is 9.81. The molecule has 2 aliphatic heterocycles. The lowest BCUT2D eigenvalue weighted by Gasteiger charge is -2.31. The Morgan fingerprint density at radius 2 is 1.82 bits per heavy atom. The number of carbonyl (C=O) groups excluding carboxylic acids is 4. The smallest absolute Gasteiger partial charge is 0.313 e. The number of hydrogen-bond acceptors (Lipinski definition) is 5. The number of likely N-dealkylation sites (tertiary alicyclic amines) is 1. The van der Waals surface area contributed by atoms with Crippen molar-refractivity contribution < 1.29 is 23.6 Å². The fourth-order valence-corrected chi connectivity index (χ4v) is 5.50. The van der Waals surface area contributed by atoms with E-state index in [4.69, 9.17) is 0 Å². The van der Waals surface area contributed by atoms with Crippen LogP contribution in [0.2, 0.25) is 0 Å². The molecular formula is C29H32FN5O4. The number of carbonyl (C=O) groups is 4. The highest BCUT2D eigenvalue weighted by Crippen LogP contribution is 2.46. The normalized spacial score (nSPS) is 20.7. The summed E-state index contributed by atoms with van der Waals surface area (Å²) < 4.78 is 13.7. The van der Waals surface area contributed by atoms with E-state index in [9.17, 15) is 28.8 Å². The highest BCUT2D eigenvalue weighted by Gasteiger charge is 2.56. The molecule has 0 bridgehead atoms. The van der Waals surface area contributed by atoms with Crippen LogP contribution in [0, 0.1) is 36.4 Å². The Kier molecular flexibility index (Phi) is 7.21. The molecule has 0 aromatic heterocycles. The molecular weight excluding hydrogens is 501 g/mol. The monoisotopic (exact) mass is 533 g/mol. The predicted molar refractivity (Wildman–Crippen MR) is 143 cm³/mol. The van der Waals surface area contributed by atoms with Gasteiger partial charge in [-0.2, -0.15) is 5.26 Å². The zero-order valence-electron chi connectivity index (χ0n) is 22.6. The zero-order chi connectivity index (χ0) is 28.7. The second-order valence-electron chi connectivity index (χ2n) is 11.6. The quantitative estimate of drug-likeness (QED) is 0.519. The number of hydrogen-bond donors (Lipinski definition) is 3. The van der Waals surface area contributed by atoms with Crippen LogP contribution in [0.4, 0.5) is 15.8 Å². The lowest BCUT2D eigenvalue weighted by atomic mass is 9.80. The van der Waals surface area contributed by atoms with E-state index < -0.39 is 46.5 Å². The molecule has 4 rings (SSSR count). The molecule has 0 unspecified atom stereocenters. The Morgan fingerprint density at radius 1 is 1.18 bits per heavy atom. The topological polar surface area (TPSA) is 131 Å². The molecule has 0 radical (unpaired) electrons. The number of nitrogens with one attached hydrogen (secondary N) is 3. The summed E-state index contributed by atoms with van der Waals surface area (Å²) in [7, 11) is 0. The molecule has 1 saturated heterocycles. The number of nitrogens with zero attached hydrogens (tertiary/aromatic N) is 2. The third-order valence-electron chi connectivity index (χ3n) is 7.28. The van der Waals surface area contributed by atoms with Crippen LogP contribution in [0.1, 0.15) is 50.3 Å². The van der Waals surface area contributed by atoms with Crippen LogP contribution >= 0.6 is 0 Å². The molecule has 0 aliphatic carbocycles. The molecule has 2 aromatic carbocycles. The molecule has 10 heteroatoms. The minimum absolute atomic E-state index is 0.0242. The van der Waals surface area contributed by atoms with E-state index in [1.165, 1.54) is 17.0 Å². The highest BCUT2D eigenvalue weighted by atomic mass is 19.1. The van der Waals surface area contributed by atoms with E-state index in [0.29, 0.717) is 22.5 Å². The molecule has 9 nitrogen and oxygen atoms in total. The number of rotatable bonds is 4. The summed E-state index contributed by atoms with van der Waals surface area (Å²) in [4.78, 5) is 54.1. The van der Waals surface area contributed by atoms with E-state index in [2.05, 4.69) is 22.0 Å². The third-order valence-corrected chi connectivity index (χ3v) is 7.28. The van der Waals surface area contributed by atoms with Crippen molar-refractivity contribution in [2.75, 3.05) is 17.2 Å². The molecule has 4 amide bonds. The predicted octanol–water partition coefficient (Wildman–Crippen LogP) is 3.32. The van der Waals surface area contributed by atoms with E-state index in [1.807, 2.05) is 26.8 Å². The highest BCUT2D eigenvalue weighted by molar-refractivity contribution is 6.40. The van der Waals surface area contributed by atoms with E-state index >= 15 is 0 Å². The Balaban J connectivity index is 1.58. The average molecular weight is 534 g/mol. The van der Waals surface area contributed by atoms with Gasteiger partial charge < -0.3 is 20.9 Å². The van der Waals surface area contributed by atoms with Gasteiger partial charge in [0.05, 0.1) is 11.5 Å². The van der Waals surface area contributed by atoms with E-state index in [1.54, 1.807) is 32.0 Å². The Labute approximate surface area is 226 Å². The van der Waals surface area contributed by atoms with Crippen molar-refractivity contribution in [3.05, 3.63) is 58.9 Å². The summed E-state index contributed by atoms with van der Waals surface area (Å²) in [5, 5.41) is 17.8. The van der Waals surface area contributed by atoms with Crippen molar-refractivity contribution in [2.45, 2.75) is 65.0 Å². The zero-order valence-corrected chi connectivity index (χ0v) is 22.6. The second-order valence-corrected chi connectivity index (χ2v) is 11.6. The van der Waals surface area contributed by atoms with Crippen molar-refractivity contribution >= 4 is 35.0 Å². The molecule has 204 valence electrons. The number of nitriles is 1. The first-order valence-electron chi connectivity index (χ1n) is 12.8. The van der Waals surface area contributed by atoms with E-state index in [0.717, 1.165) is 5.56 Å². The van der Waals surface area contributed by atoms with Gasteiger partial charge in [0.1, 0.15) is 17.9 Å². The maximum Gasteiger partial charge on any atom is 0.313 e. The van der Waals surface area contributed by atoms with Crippen LogP contribution in [-0.2, 0) is 24.6 Å². The number of halogens is 1. The minimum atomic E-state index is -1.12. The molecule has 2 aromatic rings. The van der Waals surface area contributed by atoms with Gasteiger partial charge in [-0.3, -0.25) is 19.2 Å². The van der Waals surface area contributed by atoms with Crippen molar-refractivity contribution in [3.8, 4) is 6.07 Å². The molecule has 1 fully saturated rings. The molecule has 1 spiro atoms. The van der Waals surface area contributed by atoms with Crippen molar-refractivity contribution in [3.63, 3.8) is 0 Å². The molecule has 3 N–H and O–H groups in total. The second kappa shape index (κ2) is 10.1. The number of anilines is 2. The standard InChI is InChI=1S/C29H32FN5O4/c1-16-10-18(30)11-17(2)23(16)34-25(37)24(36)32-22(13-28(3,4)5)26(38)35-15-29(12-19(35)14-31)20-8-6-7-9-21(20)33-27(29)39/h6-11,19,22H,12-13,15H2,1-5H3,(H,32,36)(H,33,39)(H,34,37)/t19-,22-,29-/m0/s1. The fourth-order valence-electron chi connectivity index (χ4n) is 5.50. The number of aryl methyl sites for hydroxylation is 2. The van der Waals surface area contributed by atoms with Crippen LogP contribution in [-0.4, -0.2) is 47.2 Å². The van der Waals surface area contributed by atoms with Crippen LogP contribution in [0.5, 0.6) is 0 Å². The Bertz CT molecular complexity index is 1390. The van der Waals surface area contributed by atoms with Gasteiger partial charge in [-0.25, -0.2) is 4.39 Å². The first-order chi connectivity index (χ1) is 18.3. The SMILES string of the molecule is Cc1cc(F)cc(C)c1NC(=O)C(=O)N[C@@H](CC(C)(C)C)C(=O)N1C[C@]2(C[C@H]1C#N)C(=O)Nc1ccccc12. The number of amides is 4. The van der Waals surface area contributed by atoms with Gasteiger partial charge in [-0.05, 0) is 60.6 Å². The molecule has 2 aliphatic rings. The maximum atomic E-state index is 13.9. The minimum Gasteiger partial charge on any atom is -0.336 e. The van der Waals surface area contributed by atoms with Crippen LogP contribution in [0.15, 0.2) is 36.4 Å². The van der Waals surface area contributed by atoms with Gasteiger partial charge in [0, 0.05) is 24.3 Å². The van der Waals surface area contributed by atoms with Crippen LogP contribution in [0.3, 0.4) is 0 Å². The van der Waals surface area contributed by atoms with Gasteiger partial charge in [0.15, 0.2) is 0 Å². The third kappa shape index (κ3) is 5.35. The fraction of sp³-hybridized carbons (Fsp3) is 0.414. The Hall–Kier alpha value is -4.26. The summed E-state index contributed by atoms with van der Waals surface area (Å²) in [5.41, 5.74) is 1.09. The van der Waals surface area contributed by atoms with Gasteiger partial charge >= 0.3 is 11.8 Å². The molecule has 2 heterocycles. The maximum absolute atomic E-state index is 13.9.